The van der Waals surface area contributed by atoms with E-state index in [4.69, 9.17) is 34.7 Å². The van der Waals surface area contributed by atoms with Gasteiger partial charge in [-0.25, -0.2) is 0 Å². The maximum Gasteiger partial charge on any atom is 0.245 e. The lowest BCUT2D eigenvalue weighted by atomic mass is 9.90. The predicted molar refractivity (Wildman–Crippen MR) is 206 cm³/mol. The Labute approximate surface area is 313 Å². The third-order valence-electron chi connectivity index (χ3n) is 9.46. The van der Waals surface area contributed by atoms with Gasteiger partial charge in [-0.1, -0.05) is 66.2 Å². The van der Waals surface area contributed by atoms with Crippen molar-refractivity contribution in [2.75, 3.05) is 20.1 Å². The molecule has 1 aliphatic rings. The van der Waals surface area contributed by atoms with Gasteiger partial charge in [0, 0.05) is 63.0 Å². The molecule has 3 aromatic carbocycles. The van der Waals surface area contributed by atoms with Gasteiger partial charge >= 0.3 is 0 Å². The number of nitrogens with one attached hydrogen (secondary N) is 4. The molecule has 13 heteroatoms. The second kappa shape index (κ2) is 18.3. The fraction of sp³-hybridized carbons (Fsp3) is 0.395. The van der Waals surface area contributed by atoms with E-state index in [0.717, 1.165) is 37.4 Å². The van der Waals surface area contributed by atoms with E-state index in [0.29, 0.717) is 61.8 Å². The molecule has 0 saturated heterocycles. The van der Waals surface area contributed by atoms with E-state index in [2.05, 4.69) is 20.9 Å². The summed E-state index contributed by atoms with van der Waals surface area (Å²) >= 11 is 14.3. The molecule has 0 aliphatic carbocycles. The molecule has 4 atom stereocenters. The topological polar surface area (TPSA) is 158 Å². The van der Waals surface area contributed by atoms with Crippen molar-refractivity contribution in [1.29, 1.82) is 0 Å². The number of likely N-dealkylation sites (N-methyl/N-ethyl adjacent to an activating group) is 1. The third kappa shape index (κ3) is 9.65. The van der Waals surface area contributed by atoms with E-state index in [1.807, 2.05) is 67.7 Å². The summed E-state index contributed by atoms with van der Waals surface area (Å²) < 4.78 is 0. The zero-order chi connectivity index (χ0) is 36.5. The van der Waals surface area contributed by atoms with Crippen molar-refractivity contribution in [3.05, 3.63) is 93.6 Å². The van der Waals surface area contributed by atoms with Crippen LogP contribution in [0.2, 0.25) is 10.0 Å². The number of nitrogens with two attached hydrogens (primary N) is 2. The van der Waals surface area contributed by atoms with Crippen molar-refractivity contribution in [2.45, 2.75) is 86.0 Å². The number of hydrogen-bond donors (Lipinski definition) is 6. The standard InChI is InChI=1S/C38H47Cl2N7O3S/c1-23(29-22-44-32-19-27(40)12-14-28(29)32)35-37(49)45-21-25-18-26(39)13-15-34(25)51-33-11-4-3-8-24(33)20-43-30(10-7-17-42)36(48)46-31(9-5-6-16-41)38(50)47(35)2/h3-4,8,11-15,18-19,22-23,30-31,35,43-44H,5-7,9-10,16-17,20-21,41-42H2,1-2H3,(H,45,49)(H,46,48)/t23?,30-,31-,35-/m0/s1. The molecule has 2 heterocycles. The molecular weight excluding hydrogens is 705 g/mol. The van der Waals surface area contributed by atoms with Crippen LogP contribution in [-0.4, -0.2) is 65.9 Å². The molecule has 1 unspecified atom stereocenters. The van der Waals surface area contributed by atoms with Crippen LogP contribution in [-0.2, 0) is 27.5 Å². The lowest BCUT2D eigenvalue weighted by molar-refractivity contribution is -0.143. The number of rotatable bonds is 9. The Bertz CT molecular complexity index is 1840. The van der Waals surface area contributed by atoms with Crippen molar-refractivity contribution >= 4 is 63.6 Å². The molecule has 0 saturated carbocycles. The average Bonchev–Trinajstić information content (AvgIpc) is 3.54. The largest absolute Gasteiger partial charge is 0.361 e. The Morgan fingerprint density at radius 3 is 2.33 bits per heavy atom. The summed E-state index contributed by atoms with van der Waals surface area (Å²) in [6.45, 7) is 3.43. The summed E-state index contributed by atoms with van der Waals surface area (Å²) in [4.78, 5) is 49.6. The number of unbranched alkanes of at least 4 members (excludes halogenated alkanes) is 1. The van der Waals surface area contributed by atoms with Crippen LogP contribution in [0.3, 0.4) is 0 Å². The minimum atomic E-state index is -0.932. The molecule has 0 spiro atoms. The van der Waals surface area contributed by atoms with Gasteiger partial charge < -0.3 is 37.3 Å². The molecule has 8 N–H and O–H groups in total. The van der Waals surface area contributed by atoms with Crippen LogP contribution >= 0.6 is 35.0 Å². The second-order valence-corrected chi connectivity index (χ2v) is 15.0. The van der Waals surface area contributed by atoms with Crippen molar-refractivity contribution in [3.8, 4) is 0 Å². The minimum absolute atomic E-state index is 0.189. The summed E-state index contributed by atoms with van der Waals surface area (Å²) in [7, 11) is 1.63. The molecule has 1 aromatic heterocycles. The van der Waals surface area contributed by atoms with Crippen LogP contribution in [0.5, 0.6) is 0 Å². The number of carbonyl (C=O) groups excluding carboxylic acids is 3. The van der Waals surface area contributed by atoms with Crippen LogP contribution in [0, 0.1) is 0 Å². The lowest BCUT2D eigenvalue weighted by Crippen LogP contribution is -2.57. The lowest BCUT2D eigenvalue weighted by Gasteiger charge is -2.35. The number of carbonyl (C=O) groups is 3. The van der Waals surface area contributed by atoms with Gasteiger partial charge in [-0.05, 0) is 98.3 Å². The SMILES string of the molecule is CC(c1c[nH]c2cc(Cl)ccc12)[C@H]1C(=O)NCc2cc(Cl)ccc2Sc2ccccc2CN[C@@H](CCCN)C(=O)N[C@@H](CCCCN)C(=O)N1C. The van der Waals surface area contributed by atoms with Crippen LogP contribution < -0.4 is 27.4 Å². The number of benzene rings is 3. The second-order valence-electron chi connectivity index (χ2n) is 13.0. The first-order valence-electron chi connectivity index (χ1n) is 17.4. The highest BCUT2D eigenvalue weighted by Crippen LogP contribution is 2.35. The molecule has 0 bridgehead atoms. The van der Waals surface area contributed by atoms with Gasteiger partial charge in [0.25, 0.3) is 0 Å². The quantitative estimate of drug-likeness (QED) is 0.120. The van der Waals surface area contributed by atoms with Crippen molar-refractivity contribution in [1.82, 2.24) is 25.8 Å². The monoisotopic (exact) mass is 751 g/mol. The number of fused-ring (bicyclic) bond motifs is 3. The van der Waals surface area contributed by atoms with E-state index in [1.165, 1.54) is 4.90 Å². The van der Waals surface area contributed by atoms with Gasteiger partial charge in [-0.3, -0.25) is 14.4 Å². The molecule has 51 heavy (non-hydrogen) atoms. The number of aromatic nitrogens is 1. The van der Waals surface area contributed by atoms with Crippen molar-refractivity contribution in [2.24, 2.45) is 11.5 Å². The minimum Gasteiger partial charge on any atom is -0.361 e. The third-order valence-corrected chi connectivity index (χ3v) is 11.2. The van der Waals surface area contributed by atoms with E-state index in [1.54, 1.807) is 24.9 Å². The van der Waals surface area contributed by atoms with Gasteiger partial charge in [-0.2, -0.15) is 0 Å². The Morgan fingerprint density at radius 2 is 1.55 bits per heavy atom. The molecule has 272 valence electrons. The fourth-order valence-electron chi connectivity index (χ4n) is 6.63. The normalized spacial score (nSPS) is 19.9. The van der Waals surface area contributed by atoms with Gasteiger partial charge in [-0.15, -0.1) is 0 Å². The molecular formula is C38H47Cl2N7O3S. The number of hydrogen-bond acceptors (Lipinski definition) is 7. The van der Waals surface area contributed by atoms with Gasteiger partial charge in [0.1, 0.15) is 12.1 Å². The number of aromatic amines is 1. The number of H-pyrrole nitrogens is 1. The molecule has 4 aromatic rings. The number of amides is 3. The maximum absolute atomic E-state index is 14.5. The molecule has 1 aliphatic heterocycles. The summed E-state index contributed by atoms with van der Waals surface area (Å²) in [6.07, 6.45) is 4.65. The molecule has 0 radical (unpaired) electrons. The van der Waals surface area contributed by atoms with Gasteiger partial charge in [0.15, 0.2) is 0 Å². The van der Waals surface area contributed by atoms with Crippen molar-refractivity contribution < 1.29 is 14.4 Å². The van der Waals surface area contributed by atoms with E-state index in [-0.39, 0.29) is 24.3 Å². The van der Waals surface area contributed by atoms with Crippen LogP contribution in [0.1, 0.15) is 61.6 Å². The van der Waals surface area contributed by atoms with Crippen LogP contribution in [0.25, 0.3) is 10.9 Å². The van der Waals surface area contributed by atoms with Crippen LogP contribution in [0.15, 0.2) is 76.7 Å². The highest BCUT2D eigenvalue weighted by Gasteiger charge is 2.37. The van der Waals surface area contributed by atoms with Gasteiger partial charge in [0.2, 0.25) is 17.7 Å². The first-order valence-corrected chi connectivity index (χ1v) is 19.0. The highest BCUT2D eigenvalue weighted by molar-refractivity contribution is 7.99. The Morgan fingerprint density at radius 1 is 0.843 bits per heavy atom. The molecule has 0 fully saturated rings. The molecule has 5 rings (SSSR count). The Kier molecular flexibility index (Phi) is 13.8. The Balaban J connectivity index is 1.58. The Hall–Kier alpha value is -3.58. The number of nitrogens with zero attached hydrogens (tertiary/aromatic N) is 1. The molecule has 10 nitrogen and oxygen atoms in total. The fourth-order valence-corrected chi connectivity index (χ4v) is 8.05. The first-order chi connectivity index (χ1) is 24.6. The predicted octanol–water partition coefficient (Wildman–Crippen LogP) is 5.70. The summed E-state index contributed by atoms with van der Waals surface area (Å²) in [5.74, 6) is -1.44. The zero-order valence-electron chi connectivity index (χ0n) is 29.0. The first kappa shape index (κ1) is 38.6. The summed E-state index contributed by atoms with van der Waals surface area (Å²) in [5.41, 5.74) is 15.2. The van der Waals surface area contributed by atoms with E-state index >= 15 is 0 Å². The smallest absolute Gasteiger partial charge is 0.245 e. The zero-order valence-corrected chi connectivity index (χ0v) is 31.3. The number of halogens is 2. The summed E-state index contributed by atoms with van der Waals surface area (Å²) in [5, 5.41) is 11.7. The van der Waals surface area contributed by atoms with Crippen molar-refractivity contribution in [3.63, 3.8) is 0 Å². The van der Waals surface area contributed by atoms with E-state index in [9.17, 15) is 14.4 Å². The summed E-state index contributed by atoms with van der Waals surface area (Å²) in [6, 6.07) is 16.8. The maximum atomic E-state index is 14.5. The highest BCUT2D eigenvalue weighted by atomic mass is 35.5. The van der Waals surface area contributed by atoms with Crippen LogP contribution in [0.4, 0.5) is 0 Å². The molecule has 3 amide bonds. The van der Waals surface area contributed by atoms with Gasteiger partial charge in [0.05, 0.1) is 6.04 Å². The average molecular weight is 753 g/mol. The van der Waals surface area contributed by atoms with E-state index < -0.39 is 24.0 Å².